The van der Waals surface area contributed by atoms with E-state index in [2.05, 4.69) is 27.2 Å². The molecule has 1 aromatic carbocycles. The smallest absolute Gasteiger partial charge is 0.220 e. The van der Waals surface area contributed by atoms with E-state index in [4.69, 9.17) is 5.73 Å². The maximum atomic E-state index is 9.58. The summed E-state index contributed by atoms with van der Waals surface area (Å²) in [6, 6.07) is 10.8. The third kappa shape index (κ3) is 2.97. The molecule has 0 aliphatic rings. The largest absolute Gasteiger partial charge is 0.508 e. The Hall–Kier alpha value is -3.19. The van der Waals surface area contributed by atoms with Crippen LogP contribution in [0.2, 0.25) is 0 Å². The van der Waals surface area contributed by atoms with Gasteiger partial charge in [-0.2, -0.15) is 0 Å². The van der Waals surface area contributed by atoms with Crippen LogP contribution < -0.4 is 11.1 Å². The lowest BCUT2D eigenvalue weighted by Gasteiger charge is -2.06. The van der Waals surface area contributed by atoms with Crippen molar-refractivity contribution in [3.8, 4) is 16.3 Å². The number of thiophene rings is 1. The number of nitrogens with zero attached hydrogens (tertiary/aromatic N) is 3. The second-order valence-electron chi connectivity index (χ2n) is 5.60. The Morgan fingerprint density at radius 1 is 1.16 bits per heavy atom. The van der Waals surface area contributed by atoms with E-state index in [1.165, 1.54) is 0 Å². The predicted octanol–water partition coefficient (Wildman–Crippen LogP) is 4.09. The normalized spacial score (nSPS) is 10.9. The molecule has 0 atom stereocenters. The van der Waals surface area contributed by atoms with Crippen LogP contribution in [0.1, 0.15) is 5.56 Å². The molecule has 6 nitrogen and oxygen atoms in total. The topological polar surface area (TPSA) is 97.0 Å². The minimum absolute atomic E-state index is 0.210. The van der Waals surface area contributed by atoms with E-state index in [9.17, 15) is 5.11 Å². The van der Waals surface area contributed by atoms with Gasteiger partial charge < -0.3 is 16.2 Å². The van der Waals surface area contributed by atoms with Crippen LogP contribution in [0.4, 0.5) is 17.5 Å². The third-order valence-corrected chi connectivity index (χ3v) is 5.11. The van der Waals surface area contributed by atoms with Gasteiger partial charge in [0.2, 0.25) is 5.95 Å². The number of benzene rings is 1. The van der Waals surface area contributed by atoms with Crippen LogP contribution in [0.3, 0.4) is 0 Å². The summed E-state index contributed by atoms with van der Waals surface area (Å²) < 4.78 is 1.08. The second kappa shape index (κ2) is 6.03. The van der Waals surface area contributed by atoms with Crippen LogP contribution in [0.15, 0.2) is 48.8 Å². The number of aromatic hydroxyl groups is 1. The molecule has 3 heterocycles. The minimum Gasteiger partial charge on any atom is -0.508 e. The molecular weight excluding hydrogens is 334 g/mol. The highest BCUT2D eigenvalue weighted by Crippen LogP contribution is 2.38. The van der Waals surface area contributed by atoms with E-state index in [-0.39, 0.29) is 11.7 Å². The molecule has 0 saturated heterocycles. The lowest BCUT2D eigenvalue weighted by atomic mass is 10.1. The van der Waals surface area contributed by atoms with Gasteiger partial charge in [0, 0.05) is 29.5 Å². The van der Waals surface area contributed by atoms with Crippen molar-refractivity contribution in [3.63, 3.8) is 0 Å². The third-order valence-electron chi connectivity index (χ3n) is 3.85. The molecule has 124 valence electrons. The average molecular weight is 349 g/mol. The zero-order chi connectivity index (χ0) is 17.4. The van der Waals surface area contributed by atoms with Crippen molar-refractivity contribution in [2.75, 3.05) is 11.1 Å². The van der Waals surface area contributed by atoms with Gasteiger partial charge in [0.25, 0.3) is 0 Å². The van der Waals surface area contributed by atoms with Gasteiger partial charge in [0.05, 0.1) is 15.3 Å². The Bertz CT molecular complexity index is 1080. The molecule has 0 fully saturated rings. The quantitative estimate of drug-likeness (QED) is 0.515. The van der Waals surface area contributed by atoms with Crippen LogP contribution in [0.25, 0.3) is 20.7 Å². The van der Waals surface area contributed by atoms with Gasteiger partial charge in [0.15, 0.2) is 0 Å². The standard InChI is InChI=1S/C18H15N5OS/c1-10-13-8-16(22-11-3-2-4-12(24)7-11)21-9-15(13)25-17(10)14-5-6-20-18(19)23-14/h2-9,24H,1H3,(H,21,22)(H2,19,20,23). The number of aryl methyl sites for hydroxylation is 1. The molecule has 0 spiro atoms. The number of nitrogens with two attached hydrogens (primary N) is 1. The Morgan fingerprint density at radius 3 is 2.84 bits per heavy atom. The maximum Gasteiger partial charge on any atom is 0.220 e. The van der Waals surface area contributed by atoms with Gasteiger partial charge in [-0.05, 0) is 36.8 Å². The van der Waals surface area contributed by atoms with Crippen LogP contribution >= 0.6 is 11.3 Å². The SMILES string of the molecule is Cc1c(-c2ccnc(N)n2)sc2cnc(Nc3cccc(O)c3)cc12. The zero-order valence-electron chi connectivity index (χ0n) is 13.4. The van der Waals surface area contributed by atoms with Gasteiger partial charge in [-0.1, -0.05) is 6.07 Å². The molecule has 4 aromatic rings. The molecule has 0 bridgehead atoms. The van der Waals surface area contributed by atoms with Gasteiger partial charge in [0.1, 0.15) is 11.6 Å². The molecule has 0 saturated carbocycles. The summed E-state index contributed by atoms with van der Waals surface area (Å²) in [6.45, 7) is 2.06. The number of phenols is 1. The maximum absolute atomic E-state index is 9.58. The second-order valence-corrected chi connectivity index (χ2v) is 6.65. The first-order chi connectivity index (χ1) is 12.1. The molecular formula is C18H15N5OS. The van der Waals surface area contributed by atoms with E-state index in [1.807, 2.05) is 24.4 Å². The Kier molecular flexibility index (Phi) is 3.70. The Balaban J connectivity index is 1.75. The number of nitrogens with one attached hydrogen (secondary N) is 1. The number of pyridine rings is 1. The van der Waals surface area contributed by atoms with Gasteiger partial charge in [-0.25, -0.2) is 15.0 Å². The summed E-state index contributed by atoms with van der Waals surface area (Å²) in [6.07, 6.45) is 3.50. The molecule has 4 rings (SSSR count). The number of hydrogen-bond acceptors (Lipinski definition) is 7. The summed E-state index contributed by atoms with van der Waals surface area (Å²) >= 11 is 1.63. The van der Waals surface area contributed by atoms with Crippen molar-refractivity contribution in [1.82, 2.24) is 15.0 Å². The highest BCUT2D eigenvalue weighted by atomic mass is 32.1. The molecule has 4 N–H and O–H groups in total. The summed E-state index contributed by atoms with van der Waals surface area (Å²) in [7, 11) is 0. The highest BCUT2D eigenvalue weighted by Gasteiger charge is 2.13. The molecule has 0 aliphatic heterocycles. The van der Waals surface area contributed by atoms with Gasteiger partial charge >= 0.3 is 0 Å². The Morgan fingerprint density at radius 2 is 2.04 bits per heavy atom. The summed E-state index contributed by atoms with van der Waals surface area (Å²) in [5.74, 6) is 1.19. The van der Waals surface area contributed by atoms with E-state index in [0.29, 0.717) is 5.82 Å². The van der Waals surface area contributed by atoms with Crippen molar-refractivity contribution in [1.29, 1.82) is 0 Å². The molecule has 0 radical (unpaired) electrons. The van der Waals surface area contributed by atoms with Crippen molar-refractivity contribution >= 4 is 38.9 Å². The van der Waals surface area contributed by atoms with E-state index in [0.717, 1.165) is 31.9 Å². The van der Waals surface area contributed by atoms with Gasteiger partial charge in [-0.3, -0.25) is 0 Å². The van der Waals surface area contributed by atoms with Crippen molar-refractivity contribution in [2.24, 2.45) is 0 Å². The number of phenolic OH excluding ortho intramolecular Hbond substituents is 1. The highest BCUT2D eigenvalue weighted by molar-refractivity contribution is 7.22. The van der Waals surface area contributed by atoms with Crippen molar-refractivity contribution in [3.05, 3.63) is 54.4 Å². The van der Waals surface area contributed by atoms with Crippen molar-refractivity contribution < 1.29 is 5.11 Å². The molecule has 25 heavy (non-hydrogen) atoms. The van der Waals surface area contributed by atoms with E-state index < -0.39 is 0 Å². The number of rotatable bonds is 3. The number of anilines is 3. The fourth-order valence-electron chi connectivity index (χ4n) is 2.67. The molecule has 3 aromatic heterocycles. The molecule has 0 aliphatic carbocycles. The number of hydrogen-bond donors (Lipinski definition) is 3. The zero-order valence-corrected chi connectivity index (χ0v) is 14.2. The monoisotopic (exact) mass is 349 g/mol. The summed E-state index contributed by atoms with van der Waals surface area (Å²) in [5.41, 5.74) is 8.42. The van der Waals surface area contributed by atoms with Crippen molar-refractivity contribution in [2.45, 2.75) is 6.92 Å². The molecule has 0 unspecified atom stereocenters. The summed E-state index contributed by atoms with van der Waals surface area (Å²) in [4.78, 5) is 13.8. The van der Waals surface area contributed by atoms with Crippen LogP contribution in [0, 0.1) is 6.92 Å². The fraction of sp³-hybridized carbons (Fsp3) is 0.0556. The van der Waals surface area contributed by atoms with E-state index >= 15 is 0 Å². The first-order valence-electron chi connectivity index (χ1n) is 7.64. The number of fused-ring (bicyclic) bond motifs is 1. The first kappa shape index (κ1) is 15.3. The number of aromatic nitrogens is 3. The van der Waals surface area contributed by atoms with E-state index in [1.54, 1.807) is 35.7 Å². The lowest BCUT2D eigenvalue weighted by molar-refractivity contribution is 0.475. The predicted molar refractivity (Wildman–Crippen MR) is 101 cm³/mol. The van der Waals surface area contributed by atoms with Crippen LogP contribution in [-0.4, -0.2) is 20.1 Å². The molecule has 0 amide bonds. The Labute approximate surface area is 148 Å². The molecule has 7 heteroatoms. The first-order valence-corrected chi connectivity index (χ1v) is 8.46. The lowest BCUT2D eigenvalue weighted by Crippen LogP contribution is -1.94. The van der Waals surface area contributed by atoms with Crippen LogP contribution in [-0.2, 0) is 0 Å². The number of nitrogen functional groups attached to an aromatic ring is 1. The summed E-state index contributed by atoms with van der Waals surface area (Å²) in [5, 5.41) is 13.9. The van der Waals surface area contributed by atoms with Crippen LogP contribution in [0.5, 0.6) is 5.75 Å². The average Bonchev–Trinajstić information content (AvgIpc) is 2.92. The minimum atomic E-state index is 0.210. The fourth-order valence-corrected chi connectivity index (χ4v) is 3.80. The van der Waals surface area contributed by atoms with Gasteiger partial charge in [-0.15, -0.1) is 11.3 Å².